The Hall–Kier alpha value is -1.01. The highest BCUT2D eigenvalue weighted by Gasteiger charge is 2.40. The Morgan fingerprint density at radius 1 is 0.929 bits per heavy atom. The van der Waals surface area contributed by atoms with Gasteiger partial charge < -0.3 is 8.66 Å². The number of benzene rings is 1. The zero-order valence-electron chi connectivity index (χ0n) is 20.3. The highest BCUT2D eigenvalue weighted by Crippen LogP contribution is 2.42. The molecule has 0 aliphatic rings. The number of aryl methyl sites for hydroxylation is 1. The average Bonchev–Trinajstić information content (AvgIpc) is 2.89. The summed E-state index contributed by atoms with van der Waals surface area (Å²) in [6.45, 7) is 26.0. The summed E-state index contributed by atoms with van der Waals surface area (Å²) in [5.74, 6) is 1.05. The Balaban J connectivity index is 2.59. The summed E-state index contributed by atoms with van der Waals surface area (Å²) >= 11 is 0. The number of hydrogen-bond acceptors (Lipinski definition) is 1. The van der Waals surface area contributed by atoms with Gasteiger partial charge in [0.05, 0.1) is 0 Å². The van der Waals surface area contributed by atoms with Crippen molar-refractivity contribution < 1.29 is 4.43 Å². The van der Waals surface area contributed by atoms with Crippen LogP contribution < -0.4 is 4.43 Å². The molecule has 2 nitrogen and oxygen atoms in total. The lowest BCUT2D eigenvalue weighted by Gasteiger charge is -2.38. The van der Waals surface area contributed by atoms with E-state index in [9.17, 15) is 0 Å². The van der Waals surface area contributed by atoms with E-state index < -0.39 is 16.6 Å². The summed E-state index contributed by atoms with van der Waals surface area (Å²) in [4.78, 5) is 0. The monoisotopic (exact) mass is 417 g/mol. The molecule has 0 aliphatic carbocycles. The Bertz CT molecular complexity index is 819. The van der Waals surface area contributed by atoms with Gasteiger partial charge in [-0.1, -0.05) is 68.0 Å². The van der Waals surface area contributed by atoms with Crippen molar-refractivity contribution in [2.45, 2.75) is 104 Å². The summed E-state index contributed by atoms with van der Waals surface area (Å²) < 4.78 is 9.28. The van der Waals surface area contributed by atoms with Gasteiger partial charge in [0.15, 0.2) is 8.24 Å². The van der Waals surface area contributed by atoms with Crippen LogP contribution in [0, 0.1) is 0 Å². The highest BCUT2D eigenvalue weighted by molar-refractivity contribution is 6.79. The molecule has 0 amide bonds. The van der Waals surface area contributed by atoms with Gasteiger partial charge in [-0.15, -0.1) is 0 Å². The number of nitrogens with zero attached hydrogens (tertiary/aromatic N) is 1. The van der Waals surface area contributed by atoms with Crippen LogP contribution in [0.15, 0.2) is 24.4 Å². The molecule has 1 aromatic heterocycles. The van der Waals surface area contributed by atoms with Crippen LogP contribution in [0.4, 0.5) is 0 Å². The molecule has 28 heavy (non-hydrogen) atoms. The van der Waals surface area contributed by atoms with Gasteiger partial charge in [-0.05, 0) is 66.0 Å². The molecule has 0 radical (unpaired) electrons. The molecule has 4 heteroatoms. The third-order valence-electron chi connectivity index (χ3n) is 7.27. The van der Waals surface area contributed by atoms with E-state index in [1.54, 1.807) is 0 Å². The number of unbranched alkanes of at least 4 members (excludes halogenated alkanes) is 1. The van der Waals surface area contributed by atoms with Crippen molar-refractivity contribution in [3.05, 3.63) is 30.0 Å². The van der Waals surface area contributed by atoms with E-state index in [-0.39, 0.29) is 5.04 Å². The molecule has 0 N–H and O–H groups in total. The molecule has 0 saturated carbocycles. The van der Waals surface area contributed by atoms with E-state index in [0.717, 1.165) is 12.2 Å². The first kappa shape index (κ1) is 23.3. The van der Waals surface area contributed by atoms with Gasteiger partial charge in [-0.3, -0.25) is 0 Å². The largest absolute Gasteiger partial charge is 0.543 e. The third-order valence-corrected chi connectivity index (χ3v) is 16.9. The lowest BCUT2D eigenvalue weighted by atomic mass is 10.1. The van der Waals surface area contributed by atoms with E-state index in [1.165, 1.54) is 29.3 Å². The van der Waals surface area contributed by atoms with Crippen LogP contribution in [0.3, 0.4) is 0 Å². The molecule has 0 aliphatic heterocycles. The van der Waals surface area contributed by atoms with E-state index in [2.05, 4.69) is 103 Å². The number of rotatable bonds is 6. The molecule has 0 bridgehead atoms. The molecule has 0 saturated heterocycles. The predicted octanol–water partition coefficient (Wildman–Crippen LogP) is 8.22. The Labute approximate surface area is 175 Å². The molecule has 0 fully saturated rings. The van der Waals surface area contributed by atoms with Crippen LogP contribution in [-0.4, -0.2) is 20.8 Å². The molecule has 1 aromatic carbocycles. The first-order valence-electron chi connectivity index (χ1n) is 11.0. The van der Waals surface area contributed by atoms with Crippen LogP contribution in [0.5, 0.6) is 5.75 Å². The van der Waals surface area contributed by atoms with Crippen LogP contribution >= 0.6 is 0 Å². The smallest absolute Gasteiger partial charge is 0.250 e. The maximum Gasteiger partial charge on any atom is 0.250 e. The summed E-state index contributed by atoms with van der Waals surface area (Å²) in [6.07, 6.45) is 6.09. The van der Waals surface area contributed by atoms with Gasteiger partial charge in [0.1, 0.15) is 5.75 Å². The molecule has 0 spiro atoms. The van der Waals surface area contributed by atoms with Crippen molar-refractivity contribution in [2.24, 2.45) is 0 Å². The molecule has 0 unspecified atom stereocenters. The number of aromatic nitrogens is 1. The van der Waals surface area contributed by atoms with E-state index in [4.69, 9.17) is 4.43 Å². The quantitative estimate of drug-likeness (QED) is 0.432. The van der Waals surface area contributed by atoms with E-state index in [0.29, 0.717) is 5.04 Å². The average molecular weight is 418 g/mol. The molecule has 2 aromatic rings. The second-order valence-electron chi connectivity index (χ2n) is 11.5. The molecule has 0 atom stereocenters. The van der Waals surface area contributed by atoms with Crippen molar-refractivity contribution >= 4 is 27.5 Å². The zero-order valence-corrected chi connectivity index (χ0v) is 22.3. The van der Waals surface area contributed by atoms with E-state index >= 15 is 0 Å². The molecular weight excluding hydrogens is 374 g/mol. The molecule has 158 valence electrons. The first-order chi connectivity index (χ1) is 12.6. The normalized spacial score (nSPS) is 14.0. The minimum absolute atomic E-state index is 0.208. The molecule has 2 rings (SSSR count). The van der Waals surface area contributed by atoms with Crippen LogP contribution in [0.25, 0.3) is 10.9 Å². The maximum atomic E-state index is 6.64. The van der Waals surface area contributed by atoms with Gasteiger partial charge in [0.2, 0.25) is 8.32 Å². The predicted molar refractivity (Wildman–Crippen MR) is 131 cm³/mol. The fraction of sp³-hybridized carbons (Fsp3) is 0.667. The topological polar surface area (TPSA) is 14.2 Å². The molecule has 1 heterocycles. The molecular formula is C24H43NOSi2. The maximum absolute atomic E-state index is 6.64. The third kappa shape index (κ3) is 4.43. The van der Waals surface area contributed by atoms with Gasteiger partial charge in [-0.2, -0.15) is 0 Å². The fourth-order valence-corrected chi connectivity index (χ4v) is 6.20. The lowest BCUT2D eigenvalue weighted by Crippen LogP contribution is -2.45. The van der Waals surface area contributed by atoms with Crippen LogP contribution in [-0.2, 0) is 6.42 Å². The van der Waals surface area contributed by atoms with E-state index in [1.807, 2.05) is 0 Å². The summed E-state index contributed by atoms with van der Waals surface area (Å²) in [5.41, 5.74) is 2.88. The number of hydrogen-bond donors (Lipinski definition) is 0. The first-order valence-corrected chi connectivity index (χ1v) is 16.8. The van der Waals surface area contributed by atoms with Gasteiger partial charge in [-0.25, -0.2) is 0 Å². The van der Waals surface area contributed by atoms with Gasteiger partial charge >= 0.3 is 0 Å². The minimum Gasteiger partial charge on any atom is -0.543 e. The second-order valence-corrected chi connectivity index (χ2v) is 21.3. The van der Waals surface area contributed by atoms with Crippen molar-refractivity contribution in [3.8, 4) is 5.75 Å². The van der Waals surface area contributed by atoms with Crippen LogP contribution in [0.1, 0.15) is 66.9 Å². The summed E-state index contributed by atoms with van der Waals surface area (Å²) in [6, 6.07) is 6.84. The van der Waals surface area contributed by atoms with Gasteiger partial charge in [0, 0.05) is 10.9 Å². The van der Waals surface area contributed by atoms with Crippen molar-refractivity contribution in [1.29, 1.82) is 0 Å². The number of fused-ring (bicyclic) bond motifs is 1. The zero-order chi connectivity index (χ0) is 21.5. The highest BCUT2D eigenvalue weighted by atomic mass is 28.4. The minimum atomic E-state index is -1.83. The van der Waals surface area contributed by atoms with Gasteiger partial charge in [0.25, 0.3) is 0 Å². The van der Waals surface area contributed by atoms with Crippen molar-refractivity contribution in [1.82, 2.24) is 4.23 Å². The van der Waals surface area contributed by atoms with Crippen LogP contribution in [0.2, 0.25) is 36.3 Å². The SMILES string of the molecule is CCCCc1cn([Si](C)(C)C(C)(C)C)c2ccc(O[Si](C)(C)C(C)(C)C)cc12. The summed E-state index contributed by atoms with van der Waals surface area (Å²) in [5, 5.41) is 1.91. The standard InChI is InChI=1S/C24H43NOSi2/c1-12-13-14-19-18-25(27(8,9)23(2,3)4)22-16-15-20(17-21(19)22)26-28(10,11)24(5,6)7/h15-18H,12-14H2,1-11H3. The Kier molecular flexibility index (Phi) is 6.38. The lowest BCUT2D eigenvalue weighted by molar-refractivity contribution is 0.493. The van der Waals surface area contributed by atoms with Crippen molar-refractivity contribution in [3.63, 3.8) is 0 Å². The Morgan fingerprint density at radius 2 is 1.54 bits per heavy atom. The Morgan fingerprint density at radius 3 is 2.04 bits per heavy atom. The summed E-state index contributed by atoms with van der Waals surface area (Å²) in [7, 11) is -3.51. The second kappa shape index (κ2) is 7.68. The van der Waals surface area contributed by atoms with Crippen molar-refractivity contribution in [2.75, 3.05) is 0 Å². The fourth-order valence-electron chi connectivity index (χ4n) is 3.18.